The van der Waals surface area contributed by atoms with Crippen molar-refractivity contribution in [1.29, 1.82) is 0 Å². The Morgan fingerprint density at radius 3 is 2.00 bits per heavy atom. The molecule has 0 bridgehead atoms. The van der Waals surface area contributed by atoms with E-state index in [2.05, 4.69) is 5.32 Å². The molecule has 5 nitrogen and oxygen atoms in total. The summed E-state index contributed by atoms with van der Waals surface area (Å²) in [6, 6.07) is 22.0. The summed E-state index contributed by atoms with van der Waals surface area (Å²) in [5, 5.41) is 11.9. The maximum absolute atomic E-state index is 12.4. The zero-order chi connectivity index (χ0) is 18.4. The number of nitrogens with one attached hydrogen (secondary N) is 1. The van der Waals surface area contributed by atoms with E-state index < -0.39 is 6.09 Å². The summed E-state index contributed by atoms with van der Waals surface area (Å²) in [5.74, 6) is -0.0571. The third-order valence-electron chi connectivity index (χ3n) is 3.74. The number of hydrogen-bond donors (Lipinski definition) is 2. The summed E-state index contributed by atoms with van der Waals surface area (Å²) in [5.41, 5.74) is 2.40. The van der Waals surface area contributed by atoms with Crippen LogP contribution in [0.3, 0.4) is 0 Å². The van der Waals surface area contributed by atoms with E-state index in [1.165, 1.54) is 12.1 Å². The number of phenolic OH excluding ortho intramolecular Hbond substituents is 1. The molecule has 0 saturated carbocycles. The standard InChI is InChI=1S/C21H17NO4/c23-19-12-8-17(9-13-19)20(24)16-6-10-18(11-7-16)22-21(25)26-14-15-4-2-1-3-5-15/h1-13,23H,14H2,(H,22,25). The Kier molecular flexibility index (Phi) is 5.29. The molecule has 0 radical (unpaired) electrons. The minimum atomic E-state index is -0.563. The molecule has 0 unspecified atom stereocenters. The van der Waals surface area contributed by atoms with E-state index in [1.54, 1.807) is 36.4 Å². The molecule has 0 heterocycles. The van der Waals surface area contributed by atoms with Crippen LogP contribution in [0.15, 0.2) is 78.9 Å². The van der Waals surface area contributed by atoms with Crippen LogP contribution in [0, 0.1) is 0 Å². The lowest BCUT2D eigenvalue weighted by Gasteiger charge is -2.08. The minimum Gasteiger partial charge on any atom is -0.508 e. The van der Waals surface area contributed by atoms with Gasteiger partial charge >= 0.3 is 6.09 Å². The molecule has 0 fully saturated rings. The van der Waals surface area contributed by atoms with Gasteiger partial charge in [-0.05, 0) is 54.1 Å². The monoisotopic (exact) mass is 347 g/mol. The topological polar surface area (TPSA) is 75.6 Å². The number of hydrogen-bond acceptors (Lipinski definition) is 4. The molecule has 3 rings (SSSR count). The third kappa shape index (κ3) is 4.48. The molecule has 0 atom stereocenters. The van der Waals surface area contributed by atoms with Crippen LogP contribution in [-0.2, 0) is 11.3 Å². The highest BCUT2D eigenvalue weighted by molar-refractivity contribution is 6.09. The Morgan fingerprint density at radius 1 is 0.808 bits per heavy atom. The zero-order valence-corrected chi connectivity index (χ0v) is 13.9. The van der Waals surface area contributed by atoms with Gasteiger partial charge in [-0.25, -0.2) is 4.79 Å². The van der Waals surface area contributed by atoms with Gasteiger partial charge in [0, 0.05) is 16.8 Å². The van der Waals surface area contributed by atoms with E-state index in [4.69, 9.17) is 4.74 Å². The van der Waals surface area contributed by atoms with Crippen LogP contribution in [0.4, 0.5) is 10.5 Å². The van der Waals surface area contributed by atoms with Crippen molar-refractivity contribution in [3.05, 3.63) is 95.6 Å². The fourth-order valence-electron chi connectivity index (χ4n) is 2.36. The number of rotatable bonds is 5. The molecule has 5 heteroatoms. The molecule has 0 spiro atoms. The van der Waals surface area contributed by atoms with Gasteiger partial charge in [0.2, 0.25) is 0 Å². The minimum absolute atomic E-state index is 0.107. The van der Waals surface area contributed by atoms with Crippen molar-refractivity contribution in [2.75, 3.05) is 5.32 Å². The van der Waals surface area contributed by atoms with Gasteiger partial charge in [-0.15, -0.1) is 0 Å². The number of phenols is 1. The smallest absolute Gasteiger partial charge is 0.411 e. The number of anilines is 1. The van der Waals surface area contributed by atoms with E-state index in [0.717, 1.165) is 5.56 Å². The largest absolute Gasteiger partial charge is 0.508 e. The van der Waals surface area contributed by atoms with Crippen LogP contribution in [-0.4, -0.2) is 17.0 Å². The normalized spacial score (nSPS) is 10.2. The molecule has 1 amide bonds. The van der Waals surface area contributed by atoms with Crippen molar-refractivity contribution in [3.63, 3.8) is 0 Å². The van der Waals surface area contributed by atoms with Crippen molar-refractivity contribution in [2.45, 2.75) is 6.61 Å². The molecular weight excluding hydrogens is 330 g/mol. The van der Waals surface area contributed by atoms with Crippen molar-refractivity contribution < 1.29 is 19.4 Å². The number of aromatic hydroxyl groups is 1. The number of benzene rings is 3. The Balaban J connectivity index is 1.58. The number of carbonyl (C=O) groups excluding carboxylic acids is 2. The average molecular weight is 347 g/mol. The van der Waals surface area contributed by atoms with Gasteiger partial charge < -0.3 is 9.84 Å². The predicted octanol–water partition coefficient (Wildman–Crippen LogP) is 4.37. The lowest BCUT2D eigenvalue weighted by molar-refractivity contribution is 0.103. The van der Waals surface area contributed by atoms with E-state index in [1.807, 2.05) is 30.3 Å². The lowest BCUT2D eigenvalue weighted by Crippen LogP contribution is -2.13. The molecule has 26 heavy (non-hydrogen) atoms. The first-order valence-corrected chi connectivity index (χ1v) is 8.03. The van der Waals surface area contributed by atoms with Crippen molar-refractivity contribution in [1.82, 2.24) is 0 Å². The van der Waals surface area contributed by atoms with Crippen molar-refractivity contribution >= 4 is 17.6 Å². The van der Waals surface area contributed by atoms with Gasteiger partial charge in [0.05, 0.1) is 0 Å². The molecule has 0 aliphatic carbocycles. The van der Waals surface area contributed by atoms with Gasteiger partial charge in [-0.1, -0.05) is 30.3 Å². The molecule has 0 aromatic heterocycles. The van der Waals surface area contributed by atoms with Crippen molar-refractivity contribution in [2.24, 2.45) is 0 Å². The fourth-order valence-corrected chi connectivity index (χ4v) is 2.36. The highest BCUT2D eigenvalue weighted by Crippen LogP contribution is 2.16. The van der Waals surface area contributed by atoms with Gasteiger partial charge in [-0.3, -0.25) is 10.1 Å². The highest BCUT2D eigenvalue weighted by atomic mass is 16.5. The Morgan fingerprint density at radius 2 is 1.38 bits per heavy atom. The van der Waals surface area contributed by atoms with Gasteiger partial charge in [-0.2, -0.15) is 0 Å². The van der Waals surface area contributed by atoms with E-state index in [-0.39, 0.29) is 18.1 Å². The Hall–Kier alpha value is -3.60. The number of ether oxygens (including phenoxy) is 1. The first-order chi connectivity index (χ1) is 12.6. The fraction of sp³-hybridized carbons (Fsp3) is 0.0476. The quantitative estimate of drug-likeness (QED) is 0.672. The SMILES string of the molecule is O=C(Nc1ccc(C(=O)c2ccc(O)cc2)cc1)OCc1ccccc1. The van der Waals surface area contributed by atoms with E-state index in [0.29, 0.717) is 16.8 Å². The van der Waals surface area contributed by atoms with Crippen LogP contribution < -0.4 is 5.32 Å². The first kappa shape index (κ1) is 17.2. The zero-order valence-electron chi connectivity index (χ0n) is 13.9. The summed E-state index contributed by atoms with van der Waals surface area (Å²) in [6.07, 6.45) is -0.563. The Bertz CT molecular complexity index is 888. The summed E-state index contributed by atoms with van der Waals surface area (Å²) >= 11 is 0. The number of carbonyl (C=O) groups is 2. The second-order valence-corrected chi connectivity index (χ2v) is 5.64. The van der Waals surface area contributed by atoms with Crippen LogP contribution >= 0.6 is 0 Å². The van der Waals surface area contributed by atoms with Gasteiger partial charge in [0.25, 0.3) is 0 Å². The summed E-state index contributed by atoms with van der Waals surface area (Å²) < 4.78 is 5.15. The molecule has 0 saturated heterocycles. The third-order valence-corrected chi connectivity index (χ3v) is 3.74. The van der Waals surface area contributed by atoms with Gasteiger partial charge in [0.1, 0.15) is 12.4 Å². The molecule has 0 aliphatic rings. The summed E-state index contributed by atoms with van der Waals surface area (Å²) in [4.78, 5) is 24.2. The van der Waals surface area contributed by atoms with Crippen LogP contribution in [0.5, 0.6) is 5.75 Å². The average Bonchev–Trinajstić information content (AvgIpc) is 2.68. The Labute approximate surface area is 150 Å². The maximum atomic E-state index is 12.4. The lowest BCUT2D eigenvalue weighted by atomic mass is 10.0. The number of amides is 1. The first-order valence-electron chi connectivity index (χ1n) is 8.03. The molecule has 3 aromatic carbocycles. The van der Waals surface area contributed by atoms with E-state index >= 15 is 0 Å². The molecule has 130 valence electrons. The van der Waals surface area contributed by atoms with Crippen molar-refractivity contribution in [3.8, 4) is 5.75 Å². The van der Waals surface area contributed by atoms with Crippen LogP contribution in [0.1, 0.15) is 21.5 Å². The molecule has 0 aliphatic heterocycles. The molecular formula is C21H17NO4. The maximum Gasteiger partial charge on any atom is 0.411 e. The van der Waals surface area contributed by atoms with Gasteiger partial charge in [0.15, 0.2) is 5.78 Å². The second-order valence-electron chi connectivity index (χ2n) is 5.64. The number of ketones is 1. The summed E-state index contributed by atoms with van der Waals surface area (Å²) in [7, 11) is 0. The highest BCUT2D eigenvalue weighted by Gasteiger charge is 2.10. The summed E-state index contributed by atoms with van der Waals surface area (Å²) in [6.45, 7) is 0.185. The van der Waals surface area contributed by atoms with E-state index in [9.17, 15) is 14.7 Å². The molecule has 3 aromatic rings. The molecule has 2 N–H and O–H groups in total. The predicted molar refractivity (Wildman–Crippen MR) is 98.2 cm³/mol. The second kappa shape index (κ2) is 7.98. The van der Waals surface area contributed by atoms with Crippen LogP contribution in [0.25, 0.3) is 0 Å². The van der Waals surface area contributed by atoms with Crippen LogP contribution in [0.2, 0.25) is 0 Å².